The van der Waals surface area contributed by atoms with Crippen molar-refractivity contribution in [3.63, 3.8) is 0 Å². The molecule has 0 radical (unpaired) electrons. The van der Waals surface area contributed by atoms with Crippen molar-refractivity contribution in [3.05, 3.63) is 0 Å². The van der Waals surface area contributed by atoms with Gasteiger partial charge in [-0.3, -0.25) is 14.7 Å². The Hall–Kier alpha value is 0.468. The van der Waals surface area contributed by atoms with E-state index in [4.69, 9.17) is 24.4 Å². The predicted molar refractivity (Wildman–Crippen MR) is 229 cm³/mol. The molecule has 0 amide bonds. The third-order valence-corrected chi connectivity index (χ3v) is 21.1. The molecule has 51 heavy (non-hydrogen) atoms. The van der Waals surface area contributed by atoms with Crippen LogP contribution in [0.4, 0.5) is 0 Å². The smallest absolute Gasteiger partial charge is 0.104 e. The van der Waals surface area contributed by atoms with Crippen LogP contribution in [0, 0.1) is 0 Å². The zero-order chi connectivity index (χ0) is 38.4. The van der Waals surface area contributed by atoms with Gasteiger partial charge >= 0.3 is 0 Å². The number of aliphatic hydroxyl groups excluding tert-OH is 3. The largest absolute Gasteiger partial charge is 0.395 e. The molecule has 3 rings (SSSR count). The summed E-state index contributed by atoms with van der Waals surface area (Å²) in [7, 11) is -3.84. The molecule has 2 unspecified atom stereocenters. The Kier molecular flexibility index (Phi) is 25.6. The minimum absolute atomic E-state index is 0.230. The van der Waals surface area contributed by atoms with E-state index in [1.165, 1.54) is 36.3 Å². The van der Waals surface area contributed by atoms with Crippen LogP contribution in [0.2, 0.25) is 102 Å². The SMILES string of the molecule is C[Si](C)(C)CC[Si](C)(C)CCCOCC(O)CN1CCN(CCO)CC1.C[Si](C)(C)CC[Si](C)(C)CCOCC1CO1.OCCN1CCNCC1. The Morgan fingerprint density at radius 1 is 0.647 bits per heavy atom. The number of epoxide rings is 1. The molecule has 3 saturated heterocycles. The highest BCUT2D eigenvalue weighted by Gasteiger charge is 2.27. The fourth-order valence-electron chi connectivity index (χ4n) is 6.04. The number of β-amino-alcohol motifs (C(OH)–C–C–N with tert-alkyl or cyclic N) is 3. The van der Waals surface area contributed by atoms with E-state index >= 15 is 0 Å². The summed E-state index contributed by atoms with van der Waals surface area (Å²) in [5, 5.41) is 31.0. The first-order valence-electron chi connectivity index (χ1n) is 20.4. The quantitative estimate of drug-likeness (QED) is 0.0658. The lowest BCUT2D eigenvalue weighted by Gasteiger charge is -2.35. The van der Waals surface area contributed by atoms with E-state index in [-0.39, 0.29) is 6.61 Å². The van der Waals surface area contributed by atoms with Crippen molar-refractivity contribution in [1.29, 1.82) is 0 Å². The van der Waals surface area contributed by atoms with E-state index in [1.54, 1.807) is 0 Å². The summed E-state index contributed by atoms with van der Waals surface area (Å²) in [4.78, 5) is 6.83. The van der Waals surface area contributed by atoms with Gasteiger partial charge in [-0.1, -0.05) is 95.7 Å². The minimum atomic E-state index is -1.08. The van der Waals surface area contributed by atoms with Gasteiger partial charge in [0.05, 0.1) is 39.1 Å². The summed E-state index contributed by atoms with van der Waals surface area (Å²) in [6.45, 7) is 39.8. The van der Waals surface area contributed by atoms with Gasteiger partial charge < -0.3 is 34.8 Å². The molecule has 3 heterocycles. The first-order valence-corrected chi connectivity index (χ1v) is 34.6. The summed E-state index contributed by atoms with van der Waals surface area (Å²) in [5.74, 6) is 0. The number of ether oxygens (including phenoxy) is 3. The Morgan fingerprint density at radius 3 is 1.63 bits per heavy atom. The fourth-order valence-corrected chi connectivity index (χ4v) is 19.8. The maximum absolute atomic E-state index is 10.2. The number of nitrogens with one attached hydrogen (secondary N) is 1. The van der Waals surface area contributed by atoms with Crippen molar-refractivity contribution >= 4 is 32.3 Å². The second kappa shape index (κ2) is 26.3. The molecular formula is C37H86N4O6Si4. The number of aliphatic hydroxyl groups is 3. The van der Waals surface area contributed by atoms with Gasteiger partial charge in [-0.05, 0) is 12.5 Å². The topological polar surface area (TPSA) is 113 Å². The summed E-state index contributed by atoms with van der Waals surface area (Å²) in [6.07, 6.45) is 1.17. The highest BCUT2D eigenvalue weighted by atomic mass is 28.3. The number of hydrogen-bond acceptors (Lipinski definition) is 10. The third kappa shape index (κ3) is 30.4. The summed E-state index contributed by atoms with van der Waals surface area (Å²) in [5.41, 5.74) is 0. The van der Waals surface area contributed by atoms with E-state index in [9.17, 15) is 5.11 Å². The van der Waals surface area contributed by atoms with Gasteiger partial charge in [-0.25, -0.2) is 0 Å². The van der Waals surface area contributed by atoms with Gasteiger partial charge in [0.1, 0.15) is 6.10 Å². The van der Waals surface area contributed by atoms with Gasteiger partial charge in [-0.2, -0.15) is 0 Å². The van der Waals surface area contributed by atoms with Gasteiger partial charge in [0.2, 0.25) is 0 Å². The summed E-state index contributed by atoms with van der Waals surface area (Å²) < 4.78 is 16.5. The molecular weight excluding hydrogens is 709 g/mol. The number of piperazine rings is 2. The average Bonchev–Trinajstić information content (AvgIpc) is 3.88. The highest BCUT2D eigenvalue weighted by Crippen LogP contribution is 2.25. The van der Waals surface area contributed by atoms with Crippen LogP contribution in [0.15, 0.2) is 0 Å². The van der Waals surface area contributed by atoms with Crippen LogP contribution in [0.3, 0.4) is 0 Å². The second-order valence-corrected chi connectivity index (χ2v) is 41.1. The van der Waals surface area contributed by atoms with Crippen molar-refractivity contribution in [2.45, 2.75) is 120 Å². The number of hydrogen-bond donors (Lipinski definition) is 4. The van der Waals surface area contributed by atoms with E-state index in [0.29, 0.717) is 25.9 Å². The van der Waals surface area contributed by atoms with Crippen LogP contribution in [-0.4, -0.2) is 193 Å². The van der Waals surface area contributed by atoms with Gasteiger partial charge in [0, 0.05) is 118 Å². The Morgan fingerprint density at radius 2 is 1.14 bits per heavy atom. The van der Waals surface area contributed by atoms with E-state index in [0.717, 1.165) is 98.3 Å². The highest BCUT2D eigenvalue weighted by molar-refractivity contribution is 6.82. The predicted octanol–water partition coefficient (Wildman–Crippen LogP) is 4.74. The summed E-state index contributed by atoms with van der Waals surface area (Å²) in [6, 6.07) is 8.51. The summed E-state index contributed by atoms with van der Waals surface area (Å²) >= 11 is 0. The number of nitrogens with zero attached hydrogens (tertiary/aromatic N) is 3. The average molecular weight is 795 g/mol. The van der Waals surface area contributed by atoms with Crippen LogP contribution in [0.5, 0.6) is 0 Å². The van der Waals surface area contributed by atoms with Crippen molar-refractivity contribution in [2.24, 2.45) is 0 Å². The number of rotatable bonds is 23. The van der Waals surface area contributed by atoms with Crippen LogP contribution in [-0.2, 0) is 14.2 Å². The lowest BCUT2D eigenvalue weighted by Crippen LogP contribution is -2.49. The molecule has 2 atom stereocenters. The molecule has 0 bridgehead atoms. The van der Waals surface area contributed by atoms with E-state index < -0.39 is 38.4 Å². The normalized spacial score (nSPS) is 20.3. The van der Waals surface area contributed by atoms with Crippen molar-refractivity contribution in [3.8, 4) is 0 Å². The maximum Gasteiger partial charge on any atom is 0.104 e. The molecule has 0 aliphatic carbocycles. The molecule has 10 nitrogen and oxygen atoms in total. The van der Waals surface area contributed by atoms with Gasteiger partial charge in [0.25, 0.3) is 0 Å². The molecule has 0 aromatic heterocycles. The Balaban J connectivity index is 0.000000436. The van der Waals surface area contributed by atoms with Gasteiger partial charge in [-0.15, -0.1) is 0 Å². The molecule has 3 fully saturated rings. The molecule has 306 valence electrons. The van der Waals surface area contributed by atoms with E-state index in [1.807, 2.05) is 0 Å². The molecule has 3 aliphatic rings. The van der Waals surface area contributed by atoms with Crippen LogP contribution < -0.4 is 5.32 Å². The first kappa shape index (κ1) is 49.5. The molecule has 14 heteroatoms. The zero-order valence-electron chi connectivity index (χ0n) is 35.2. The molecule has 0 aromatic carbocycles. The Bertz CT molecular complexity index is 845. The molecule has 4 N–H and O–H groups in total. The van der Waals surface area contributed by atoms with Crippen LogP contribution in [0.1, 0.15) is 6.42 Å². The Labute approximate surface area is 319 Å². The lowest BCUT2D eigenvalue weighted by molar-refractivity contribution is 0.00624. The zero-order valence-corrected chi connectivity index (χ0v) is 39.2. The molecule has 0 aromatic rings. The second-order valence-electron chi connectivity index (χ2n) is 19.2. The standard InChI is InChI=1S/C19H44N2O3Si2.C12H28O2Si2.C6H14N2O/c1-25(2,3)15-16-26(4,5)14-6-13-24-18-19(23)17-21-9-7-20(8-10-21)11-12-22;1-15(2,3)8-9-16(4,5)7-6-13-10-12-11-14-12;9-6-5-8-3-1-7-2-4-8/h19,22-23H,6-18H2,1-5H3;12H,6-11H2,1-5H3;7,9H,1-6H2. The lowest BCUT2D eigenvalue weighted by atomic mass is 10.2. The fraction of sp³-hybridized carbons (Fsp3) is 1.00. The molecule has 3 aliphatic heterocycles. The first-order chi connectivity index (χ1) is 23.8. The van der Waals surface area contributed by atoms with Crippen LogP contribution in [0.25, 0.3) is 0 Å². The third-order valence-electron chi connectivity index (χ3n) is 10.2. The monoisotopic (exact) mass is 795 g/mol. The van der Waals surface area contributed by atoms with Crippen molar-refractivity contribution in [2.75, 3.05) is 118 Å². The van der Waals surface area contributed by atoms with Gasteiger partial charge in [0.15, 0.2) is 0 Å². The minimum Gasteiger partial charge on any atom is -0.395 e. The van der Waals surface area contributed by atoms with Crippen molar-refractivity contribution < 1.29 is 29.5 Å². The van der Waals surface area contributed by atoms with Crippen LogP contribution >= 0.6 is 0 Å². The molecule has 0 spiro atoms. The molecule has 0 saturated carbocycles. The van der Waals surface area contributed by atoms with E-state index in [2.05, 4.69) is 85.5 Å². The maximum atomic E-state index is 10.2. The van der Waals surface area contributed by atoms with Crippen molar-refractivity contribution in [1.82, 2.24) is 20.0 Å².